The van der Waals surface area contributed by atoms with Crippen LogP contribution in [0.4, 0.5) is 0 Å². The molecule has 0 saturated carbocycles. The Morgan fingerprint density at radius 1 is 1.48 bits per heavy atom. The fourth-order valence-corrected chi connectivity index (χ4v) is 2.44. The largest absolute Gasteiger partial charge is 0.482 e. The summed E-state index contributed by atoms with van der Waals surface area (Å²) in [5, 5.41) is 3.36. The molecule has 21 heavy (non-hydrogen) atoms. The minimum Gasteiger partial charge on any atom is -0.482 e. The third kappa shape index (κ3) is 4.86. The molecule has 0 aliphatic carbocycles. The van der Waals surface area contributed by atoms with Gasteiger partial charge in [-0.25, -0.2) is 4.98 Å². The quantitative estimate of drug-likeness (QED) is 0.836. The zero-order chi connectivity index (χ0) is 15.1. The molecule has 0 radical (unpaired) electrons. The Kier molecular flexibility index (Phi) is 6.26. The Morgan fingerprint density at radius 2 is 2.33 bits per heavy atom. The van der Waals surface area contributed by atoms with E-state index in [1.807, 2.05) is 19.1 Å². The fraction of sp³-hybridized carbons (Fsp3) is 0.688. The van der Waals surface area contributed by atoms with Crippen LogP contribution in [0.2, 0.25) is 0 Å². The van der Waals surface area contributed by atoms with Gasteiger partial charge in [-0.15, -0.1) is 0 Å². The summed E-state index contributed by atoms with van der Waals surface area (Å²) in [6.45, 7) is 9.36. The standard InChI is InChI=1S/C16H26N2O3/c1-4-19-16-13(6-5-7-18-16)21-14(10-12(2)3)15-11-17-8-9-20-15/h5-7,12,14-15,17H,4,8-11H2,1-3H3/t14?,15-/m0/s1. The average Bonchev–Trinajstić information content (AvgIpc) is 2.49. The molecule has 2 atom stereocenters. The number of nitrogens with zero attached hydrogens (tertiary/aromatic N) is 1. The number of morpholine rings is 1. The van der Waals surface area contributed by atoms with E-state index in [-0.39, 0.29) is 12.2 Å². The SMILES string of the molecule is CCOc1ncccc1OC(CC(C)C)[C@@H]1CNCCO1. The van der Waals surface area contributed by atoms with E-state index in [2.05, 4.69) is 24.1 Å². The molecule has 0 aromatic carbocycles. The van der Waals surface area contributed by atoms with E-state index in [4.69, 9.17) is 14.2 Å². The van der Waals surface area contributed by atoms with Gasteiger partial charge in [0.2, 0.25) is 0 Å². The number of pyridine rings is 1. The monoisotopic (exact) mass is 294 g/mol. The van der Waals surface area contributed by atoms with Crippen molar-refractivity contribution in [2.75, 3.05) is 26.3 Å². The molecule has 2 heterocycles. The van der Waals surface area contributed by atoms with Crippen molar-refractivity contribution >= 4 is 0 Å². The number of rotatable bonds is 7. The van der Waals surface area contributed by atoms with Gasteiger partial charge in [-0.1, -0.05) is 13.8 Å². The molecular formula is C16H26N2O3. The molecule has 0 bridgehead atoms. The molecule has 118 valence electrons. The second-order valence-corrected chi connectivity index (χ2v) is 5.64. The number of ether oxygens (including phenoxy) is 3. The molecule has 5 nitrogen and oxygen atoms in total. The van der Waals surface area contributed by atoms with Crippen LogP contribution < -0.4 is 14.8 Å². The first-order valence-corrected chi connectivity index (χ1v) is 7.77. The van der Waals surface area contributed by atoms with Crippen LogP contribution in [-0.4, -0.2) is 43.5 Å². The molecule has 1 aromatic rings. The van der Waals surface area contributed by atoms with E-state index < -0.39 is 0 Å². The first-order valence-electron chi connectivity index (χ1n) is 7.77. The van der Waals surface area contributed by atoms with Gasteiger partial charge in [-0.2, -0.15) is 0 Å². The highest BCUT2D eigenvalue weighted by molar-refractivity contribution is 5.32. The Morgan fingerprint density at radius 3 is 3.00 bits per heavy atom. The van der Waals surface area contributed by atoms with Crippen molar-refractivity contribution in [3.8, 4) is 11.6 Å². The van der Waals surface area contributed by atoms with Gasteiger partial charge in [-0.05, 0) is 31.4 Å². The van der Waals surface area contributed by atoms with Crippen molar-refractivity contribution < 1.29 is 14.2 Å². The summed E-state index contributed by atoms with van der Waals surface area (Å²) in [6, 6.07) is 3.77. The maximum Gasteiger partial charge on any atom is 0.256 e. The molecule has 1 saturated heterocycles. The molecule has 2 rings (SSSR count). The summed E-state index contributed by atoms with van der Waals surface area (Å²) in [4.78, 5) is 4.24. The highest BCUT2D eigenvalue weighted by atomic mass is 16.6. The van der Waals surface area contributed by atoms with Gasteiger partial charge in [-0.3, -0.25) is 0 Å². The van der Waals surface area contributed by atoms with E-state index >= 15 is 0 Å². The van der Waals surface area contributed by atoms with E-state index in [1.165, 1.54) is 0 Å². The molecule has 1 aliphatic rings. The third-order valence-electron chi connectivity index (χ3n) is 3.37. The summed E-state index contributed by atoms with van der Waals surface area (Å²) in [5.74, 6) is 1.78. The molecule has 1 aliphatic heterocycles. The molecule has 1 fully saturated rings. The van der Waals surface area contributed by atoms with Crippen LogP contribution in [0.5, 0.6) is 11.6 Å². The molecule has 5 heteroatoms. The summed E-state index contributed by atoms with van der Waals surface area (Å²) >= 11 is 0. The molecule has 0 amide bonds. The number of aromatic nitrogens is 1. The van der Waals surface area contributed by atoms with Crippen LogP contribution >= 0.6 is 0 Å². The predicted octanol–water partition coefficient (Wildman–Crippen LogP) is 2.26. The lowest BCUT2D eigenvalue weighted by molar-refractivity contribution is -0.0489. The van der Waals surface area contributed by atoms with Crippen molar-refractivity contribution in [2.24, 2.45) is 5.92 Å². The second-order valence-electron chi connectivity index (χ2n) is 5.64. The zero-order valence-electron chi connectivity index (χ0n) is 13.2. The molecule has 1 aromatic heterocycles. The van der Waals surface area contributed by atoms with Crippen molar-refractivity contribution in [3.63, 3.8) is 0 Å². The number of hydrogen-bond donors (Lipinski definition) is 1. The normalized spacial score (nSPS) is 20.3. The van der Waals surface area contributed by atoms with Gasteiger partial charge in [0.15, 0.2) is 5.75 Å². The van der Waals surface area contributed by atoms with Gasteiger partial charge < -0.3 is 19.5 Å². The summed E-state index contributed by atoms with van der Waals surface area (Å²) in [5.41, 5.74) is 0. The fourth-order valence-electron chi connectivity index (χ4n) is 2.44. The second kappa shape index (κ2) is 8.20. The Hall–Kier alpha value is -1.33. The third-order valence-corrected chi connectivity index (χ3v) is 3.37. The van der Waals surface area contributed by atoms with Gasteiger partial charge in [0, 0.05) is 19.3 Å². The smallest absolute Gasteiger partial charge is 0.256 e. The molecule has 0 spiro atoms. The first kappa shape index (κ1) is 16.0. The van der Waals surface area contributed by atoms with E-state index in [9.17, 15) is 0 Å². The van der Waals surface area contributed by atoms with E-state index in [1.54, 1.807) is 6.20 Å². The highest BCUT2D eigenvalue weighted by Crippen LogP contribution is 2.27. The lowest BCUT2D eigenvalue weighted by Crippen LogP contribution is -2.47. The lowest BCUT2D eigenvalue weighted by atomic mass is 10.0. The van der Waals surface area contributed by atoms with Crippen molar-refractivity contribution in [2.45, 2.75) is 39.4 Å². The Balaban J connectivity index is 2.10. The van der Waals surface area contributed by atoms with Crippen LogP contribution in [0.15, 0.2) is 18.3 Å². The predicted molar refractivity (Wildman–Crippen MR) is 81.9 cm³/mol. The summed E-state index contributed by atoms with van der Waals surface area (Å²) in [6.07, 6.45) is 2.72. The van der Waals surface area contributed by atoms with Crippen LogP contribution in [0.3, 0.4) is 0 Å². The van der Waals surface area contributed by atoms with Crippen LogP contribution in [0.1, 0.15) is 27.2 Å². The van der Waals surface area contributed by atoms with Crippen LogP contribution in [-0.2, 0) is 4.74 Å². The minimum absolute atomic E-state index is 0.00112. The number of nitrogens with one attached hydrogen (secondary N) is 1. The topological polar surface area (TPSA) is 52.6 Å². The minimum atomic E-state index is 0.00112. The average molecular weight is 294 g/mol. The van der Waals surface area contributed by atoms with Gasteiger partial charge in [0.05, 0.1) is 13.2 Å². The van der Waals surface area contributed by atoms with Gasteiger partial charge >= 0.3 is 0 Å². The Bertz CT molecular complexity index is 420. The van der Waals surface area contributed by atoms with Crippen molar-refractivity contribution in [3.05, 3.63) is 18.3 Å². The lowest BCUT2D eigenvalue weighted by Gasteiger charge is -2.32. The van der Waals surface area contributed by atoms with Crippen LogP contribution in [0.25, 0.3) is 0 Å². The van der Waals surface area contributed by atoms with E-state index in [0.29, 0.717) is 24.2 Å². The Labute approximate surface area is 127 Å². The van der Waals surface area contributed by atoms with Gasteiger partial charge in [0.25, 0.3) is 5.88 Å². The zero-order valence-corrected chi connectivity index (χ0v) is 13.2. The van der Waals surface area contributed by atoms with E-state index in [0.717, 1.165) is 26.1 Å². The summed E-state index contributed by atoms with van der Waals surface area (Å²) in [7, 11) is 0. The van der Waals surface area contributed by atoms with Crippen LogP contribution in [0, 0.1) is 5.92 Å². The van der Waals surface area contributed by atoms with Crippen molar-refractivity contribution in [1.82, 2.24) is 10.3 Å². The maximum absolute atomic E-state index is 6.20. The maximum atomic E-state index is 6.20. The molecule has 1 unspecified atom stereocenters. The van der Waals surface area contributed by atoms with Crippen molar-refractivity contribution in [1.29, 1.82) is 0 Å². The molecular weight excluding hydrogens is 268 g/mol. The highest BCUT2D eigenvalue weighted by Gasteiger charge is 2.28. The number of hydrogen-bond acceptors (Lipinski definition) is 5. The summed E-state index contributed by atoms with van der Waals surface area (Å²) < 4.78 is 17.6. The first-order chi connectivity index (χ1) is 10.2. The van der Waals surface area contributed by atoms with Gasteiger partial charge in [0.1, 0.15) is 12.2 Å². The molecule has 1 N–H and O–H groups in total.